The van der Waals surface area contributed by atoms with Crippen LogP contribution in [-0.2, 0) is 6.54 Å². The monoisotopic (exact) mass is 450 g/mol. The summed E-state index contributed by atoms with van der Waals surface area (Å²) in [7, 11) is 1.61. The highest BCUT2D eigenvalue weighted by Gasteiger charge is 2.06. The molecule has 0 aliphatic heterocycles. The molecule has 2 aromatic carbocycles. The van der Waals surface area contributed by atoms with Gasteiger partial charge < -0.3 is 15.8 Å². The summed E-state index contributed by atoms with van der Waals surface area (Å²) in [6.45, 7) is 0.308. The smallest absolute Gasteiger partial charge is 0.193 e. The fraction of sp³-hybridized carbons (Fsp3) is 0.118. The topological polar surface area (TPSA) is 90.3 Å². The summed E-state index contributed by atoms with van der Waals surface area (Å²) in [5, 5.41) is 11.1. The van der Waals surface area contributed by atoms with Crippen molar-refractivity contribution < 1.29 is 4.74 Å². The number of aliphatic imine (C=N–C) groups is 1. The quantitative estimate of drug-likeness (QED) is 0.355. The zero-order chi connectivity index (χ0) is 16.8. The van der Waals surface area contributed by atoms with Gasteiger partial charge in [-0.05, 0) is 24.3 Å². The van der Waals surface area contributed by atoms with E-state index in [1.807, 2.05) is 59.2 Å². The first-order valence-electron chi connectivity index (χ1n) is 7.42. The van der Waals surface area contributed by atoms with Gasteiger partial charge in [-0.15, -0.1) is 34.2 Å². The number of anilines is 1. The van der Waals surface area contributed by atoms with Crippen molar-refractivity contribution in [2.24, 2.45) is 10.7 Å². The lowest BCUT2D eigenvalue weighted by molar-refractivity contribution is 0.417. The zero-order valence-electron chi connectivity index (χ0n) is 13.7. The number of guanidine groups is 1. The van der Waals surface area contributed by atoms with Crippen LogP contribution in [0.3, 0.4) is 0 Å². The van der Waals surface area contributed by atoms with Gasteiger partial charge in [0.1, 0.15) is 18.6 Å². The number of benzene rings is 2. The second-order valence-electron chi connectivity index (χ2n) is 4.98. The Balaban J connectivity index is 0.00000225. The van der Waals surface area contributed by atoms with Crippen LogP contribution in [0.1, 0.15) is 5.82 Å². The number of methoxy groups -OCH3 is 1. The average molecular weight is 450 g/mol. The molecule has 25 heavy (non-hydrogen) atoms. The van der Waals surface area contributed by atoms with Gasteiger partial charge in [-0.3, -0.25) is 4.57 Å². The summed E-state index contributed by atoms with van der Waals surface area (Å²) < 4.78 is 7.15. The maximum absolute atomic E-state index is 5.96. The molecule has 0 aliphatic carbocycles. The third kappa shape index (κ3) is 4.69. The molecule has 1 aromatic heterocycles. The third-order valence-electron chi connectivity index (χ3n) is 3.41. The van der Waals surface area contributed by atoms with Crippen LogP contribution in [0.15, 0.2) is 65.9 Å². The first kappa shape index (κ1) is 18.7. The highest BCUT2D eigenvalue weighted by molar-refractivity contribution is 14.0. The number of halogens is 1. The predicted octanol–water partition coefficient (Wildman–Crippen LogP) is 2.82. The van der Waals surface area contributed by atoms with Gasteiger partial charge in [-0.1, -0.05) is 30.3 Å². The number of nitrogens with two attached hydrogens (primary N) is 1. The Labute approximate surface area is 163 Å². The van der Waals surface area contributed by atoms with Gasteiger partial charge in [-0.25, -0.2) is 4.99 Å². The van der Waals surface area contributed by atoms with Crippen molar-refractivity contribution in [2.45, 2.75) is 6.54 Å². The predicted molar refractivity (Wildman–Crippen MR) is 109 cm³/mol. The van der Waals surface area contributed by atoms with E-state index in [9.17, 15) is 0 Å². The summed E-state index contributed by atoms with van der Waals surface area (Å²) >= 11 is 0. The van der Waals surface area contributed by atoms with Crippen molar-refractivity contribution in [2.75, 3.05) is 12.4 Å². The van der Waals surface area contributed by atoms with Crippen LogP contribution in [0.5, 0.6) is 5.75 Å². The molecule has 0 spiro atoms. The lowest BCUT2D eigenvalue weighted by atomic mass is 10.3. The van der Waals surface area contributed by atoms with Crippen molar-refractivity contribution >= 4 is 35.6 Å². The maximum atomic E-state index is 5.96. The SMILES string of the molecule is COc1ccccc1NC(N)=NCc1nncn1-c1ccccc1.I. The fourth-order valence-corrected chi connectivity index (χ4v) is 2.25. The van der Waals surface area contributed by atoms with E-state index in [-0.39, 0.29) is 29.9 Å². The van der Waals surface area contributed by atoms with E-state index in [1.165, 1.54) is 0 Å². The molecule has 130 valence electrons. The Morgan fingerprint density at radius 2 is 1.88 bits per heavy atom. The number of nitrogens with zero attached hydrogens (tertiary/aromatic N) is 4. The molecule has 0 saturated carbocycles. The van der Waals surface area contributed by atoms with Crippen molar-refractivity contribution in [1.82, 2.24) is 14.8 Å². The molecule has 0 bridgehead atoms. The van der Waals surface area contributed by atoms with Gasteiger partial charge in [0.05, 0.1) is 12.8 Å². The van der Waals surface area contributed by atoms with Gasteiger partial charge in [0, 0.05) is 5.69 Å². The Hall–Kier alpha value is -2.62. The summed E-state index contributed by atoms with van der Waals surface area (Å²) in [5.41, 5.74) is 7.69. The number of aromatic nitrogens is 3. The normalized spacial score (nSPS) is 10.8. The molecule has 0 atom stereocenters. The lowest BCUT2D eigenvalue weighted by Crippen LogP contribution is -2.23. The molecule has 3 aromatic rings. The lowest BCUT2D eigenvalue weighted by Gasteiger charge is -2.10. The van der Waals surface area contributed by atoms with Crippen LogP contribution in [-0.4, -0.2) is 27.8 Å². The van der Waals surface area contributed by atoms with Gasteiger partial charge in [0.25, 0.3) is 0 Å². The van der Waals surface area contributed by atoms with Crippen LogP contribution in [0.4, 0.5) is 5.69 Å². The maximum Gasteiger partial charge on any atom is 0.193 e. The second kappa shape index (κ2) is 9.02. The first-order valence-corrected chi connectivity index (χ1v) is 7.42. The van der Waals surface area contributed by atoms with E-state index in [2.05, 4.69) is 20.5 Å². The van der Waals surface area contributed by atoms with Gasteiger partial charge >= 0.3 is 0 Å². The Morgan fingerprint density at radius 1 is 1.16 bits per heavy atom. The van der Waals surface area contributed by atoms with Crippen LogP contribution < -0.4 is 15.8 Å². The van der Waals surface area contributed by atoms with E-state index in [0.29, 0.717) is 18.1 Å². The van der Waals surface area contributed by atoms with E-state index in [4.69, 9.17) is 10.5 Å². The first-order chi connectivity index (χ1) is 11.8. The Kier molecular flexibility index (Phi) is 6.75. The van der Waals surface area contributed by atoms with E-state index in [1.54, 1.807) is 13.4 Å². The number of rotatable bonds is 5. The van der Waals surface area contributed by atoms with Crippen LogP contribution in [0.2, 0.25) is 0 Å². The van der Waals surface area contributed by atoms with E-state index >= 15 is 0 Å². The second-order valence-corrected chi connectivity index (χ2v) is 4.98. The molecule has 0 amide bonds. The fourth-order valence-electron chi connectivity index (χ4n) is 2.25. The Morgan fingerprint density at radius 3 is 2.64 bits per heavy atom. The average Bonchev–Trinajstić information content (AvgIpc) is 3.10. The van der Waals surface area contributed by atoms with Crippen molar-refractivity contribution in [3.8, 4) is 11.4 Å². The van der Waals surface area contributed by atoms with E-state index in [0.717, 1.165) is 11.4 Å². The summed E-state index contributed by atoms with van der Waals surface area (Å²) in [5.74, 6) is 1.68. The number of hydrogen-bond donors (Lipinski definition) is 2. The Bertz CT molecular complexity index is 834. The van der Waals surface area contributed by atoms with Crippen LogP contribution in [0, 0.1) is 0 Å². The molecule has 3 rings (SSSR count). The van der Waals surface area contributed by atoms with E-state index < -0.39 is 0 Å². The molecule has 0 unspecified atom stereocenters. The zero-order valence-corrected chi connectivity index (χ0v) is 16.0. The number of ether oxygens (including phenoxy) is 1. The number of para-hydroxylation sites is 3. The molecular weight excluding hydrogens is 431 g/mol. The molecule has 8 heteroatoms. The van der Waals surface area contributed by atoms with Gasteiger partial charge in [0.15, 0.2) is 11.8 Å². The minimum absolute atomic E-state index is 0. The molecule has 1 heterocycles. The van der Waals surface area contributed by atoms with Crippen molar-refractivity contribution in [3.63, 3.8) is 0 Å². The molecular formula is C17H19IN6O. The standard InChI is InChI=1S/C17H18N6O.HI/c1-24-15-10-6-5-9-14(15)21-17(18)19-11-16-22-20-12-23(16)13-7-3-2-4-8-13;/h2-10,12H,11H2,1H3,(H3,18,19,21);1H. The van der Waals surface area contributed by atoms with Crippen molar-refractivity contribution in [3.05, 3.63) is 66.7 Å². The van der Waals surface area contributed by atoms with Gasteiger partial charge in [-0.2, -0.15) is 0 Å². The van der Waals surface area contributed by atoms with Crippen LogP contribution in [0.25, 0.3) is 5.69 Å². The van der Waals surface area contributed by atoms with Crippen molar-refractivity contribution in [1.29, 1.82) is 0 Å². The highest BCUT2D eigenvalue weighted by atomic mass is 127. The molecule has 7 nitrogen and oxygen atoms in total. The molecule has 0 saturated heterocycles. The summed E-state index contributed by atoms with van der Waals surface area (Å²) in [4.78, 5) is 4.33. The summed E-state index contributed by atoms with van der Waals surface area (Å²) in [6, 6.07) is 17.3. The molecule has 0 radical (unpaired) electrons. The van der Waals surface area contributed by atoms with Crippen LogP contribution >= 0.6 is 24.0 Å². The largest absolute Gasteiger partial charge is 0.495 e. The molecule has 3 N–H and O–H groups in total. The third-order valence-corrected chi connectivity index (χ3v) is 3.41. The molecule has 0 fully saturated rings. The van der Waals surface area contributed by atoms with Gasteiger partial charge in [0.2, 0.25) is 0 Å². The minimum Gasteiger partial charge on any atom is -0.495 e. The summed E-state index contributed by atoms with van der Waals surface area (Å²) in [6.07, 6.45) is 1.66. The minimum atomic E-state index is 0. The highest BCUT2D eigenvalue weighted by Crippen LogP contribution is 2.22. The molecule has 0 aliphatic rings. The number of nitrogens with one attached hydrogen (secondary N) is 1. The number of hydrogen-bond acceptors (Lipinski definition) is 4.